The summed E-state index contributed by atoms with van der Waals surface area (Å²) in [7, 11) is 2.86. The third kappa shape index (κ3) is 2.88. The molecule has 0 aromatic heterocycles. The number of benzene rings is 1. The molecule has 90 valence electrons. The number of likely N-dealkylation sites (N-methyl/N-ethyl adjacent to an activating group) is 1. The summed E-state index contributed by atoms with van der Waals surface area (Å²) >= 11 is 0. The molecule has 0 spiro atoms. The predicted molar refractivity (Wildman–Crippen MR) is 55.7 cm³/mol. The van der Waals surface area contributed by atoms with E-state index in [0.29, 0.717) is 0 Å². The van der Waals surface area contributed by atoms with E-state index in [1.165, 1.54) is 26.3 Å². The highest BCUT2D eigenvalue weighted by atomic mass is 19.4. The number of alkyl halides is 3. The van der Waals surface area contributed by atoms with E-state index >= 15 is 0 Å². The molecule has 0 fully saturated rings. The molecule has 1 N–H and O–H groups in total. The average Bonchev–Trinajstić information content (AvgIpc) is 2.24. The van der Waals surface area contributed by atoms with Crippen LogP contribution in [0.5, 0.6) is 5.75 Å². The minimum Gasteiger partial charge on any atom is -0.496 e. The lowest BCUT2D eigenvalue weighted by molar-refractivity contribution is -0.149. The zero-order valence-corrected chi connectivity index (χ0v) is 9.14. The molecule has 0 aliphatic heterocycles. The fourth-order valence-electron chi connectivity index (χ4n) is 1.56. The lowest BCUT2D eigenvalue weighted by Gasteiger charge is -2.22. The van der Waals surface area contributed by atoms with Crippen LogP contribution >= 0.6 is 0 Å². The number of halogens is 3. The van der Waals surface area contributed by atoms with Gasteiger partial charge in [0.1, 0.15) is 5.75 Å². The predicted octanol–water partition coefficient (Wildman–Crippen LogP) is 2.56. The zero-order valence-electron chi connectivity index (χ0n) is 9.14. The highest BCUT2D eigenvalue weighted by Crippen LogP contribution is 2.38. The summed E-state index contributed by atoms with van der Waals surface area (Å²) in [5.74, 6) is -1.28. The van der Waals surface area contributed by atoms with E-state index in [9.17, 15) is 13.2 Å². The Balaban J connectivity index is 3.10. The molecule has 1 aromatic rings. The lowest BCUT2D eigenvalue weighted by atomic mass is 9.97. The van der Waals surface area contributed by atoms with E-state index in [4.69, 9.17) is 4.74 Å². The van der Waals surface area contributed by atoms with E-state index in [1.807, 2.05) is 0 Å². The van der Waals surface area contributed by atoms with Gasteiger partial charge in [0.05, 0.1) is 13.0 Å². The Labute approximate surface area is 92.4 Å². The van der Waals surface area contributed by atoms with Crippen molar-refractivity contribution < 1.29 is 17.9 Å². The van der Waals surface area contributed by atoms with E-state index in [2.05, 4.69) is 5.32 Å². The Kier molecular flexibility index (Phi) is 4.18. The van der Waals surface area contributed by atoms with Gasteiger partial charge >= 0.3 is 6.18 Å². The van der Waals surface area contributed by atoms with E-state index < -0.39 is 12.1 Å². The van der Waals surface area contributed by atoms with Crippen molar-refractivity contribution >= 4 is 0 Å². The molecule has 0 amide bonds. The second-order valence-electron chi connectivity index (χ2n) is 3.39. The number of hydrogen-bond acceptors (Lipinski definition) is 2. The van der Waals surface area contributed by atoms with Gasteiger partial charge in [0, 0.05) is 12.1 Å². The molecule has 0 saturated carbocycles. The number of para-hydroxylation sites is 1. The molecular formula is C11H14F3NO. The summed E-state index contributed by atoms with van der Waals surface area (Å²) in [6, 6.07) is 6.19. The van der Waals surface area contributed by atoms with Crippen molar-refractivity contribution in [1.82, 2.24) is 5.32 Å². The number of methoxy groups -OCH3 is 1. The first kappa shape index (κ1) is 12.8. The molecule has 1 rings (SSSR count). The van der Waals surface area contributed by atoms with E-state index in [1.54, 1.807) is 12.1 Å². The number of hydrogen-bond donors (Lipinski definition) is 1. The summed E-state index contributed by atoms with van der Waals surface area (Å²) in [6.07, 6.45) is -4.28. The second kappa shape index (κ2) is 5.21. The number of rotatable bonds is 4. The van der Waals surface area contributed by atoms with Crippen LogP contribution in [0.15, 0.2) is 24.3 Å². The Morgan fingerprint density at radius 1 is 1.31 bits per heavy atom. The van der Waals surface area contributed by atoms with Crippen molar-refractivity contribution in [3.05, 3.63) is 29.8 Å². The Bertz CT molecular complexity index is 338. The molecule has 0 aliphatic carbocycles. The van der Waals surface area contributed by atoms with Gasteiger partial charge in [0.15, 0.2) is 0 Å². The SMILES string of the molecule is CNCC(c1ccccc1OC)C(F)(F)F. The molecule has 0 heterocycles. The Hall–Kier alpha value is -1.23. The fourth-order valence-corrected chi connectivity index (χ4v) is 1.56. The third-order valence-electron chi connectivity index (χ3n) is 2.32. The molecule has 5 heteroatoms. The van der Waals surface area contributed by atoms with Gasteiger partial charge in [-0.25, -0.2) is 0 Å². The van der Waals surface area contributed by atoms with Crippen molar-refractivity contribution in [2.75, 3.05) is 20.7 Å². The minimum absolute atomic E-state index is 0.159. The zero-order chi connectivity index (χ0) is 12.2. The quantitative estimate of drug-likeness (QED) is 0.863. The van der Waals surface area contributed by atoms with E-state index in [-0.39, 0.29) is 17.9 Å². The van der Waals surface area contributed by atoms with Gasteiger partial charge in [-0.1, -0.05) is 18.2 Å². The largest absolute Gasteiger partial charge is 0.496 e. The highest BCUT2D eigenvalue weighted by Gasteiger charge is 2.41. The highest BCUT2D eigenvalue weighted by molar-refractivity contribution is 5.37. The lowest BCUT2D eigenvalue weighted by Crippen LogP contribution is -2.30. The van der Waals surface area contributed by atoms with Gasteiger partial charge in [-0.05, 0) is 13.1 Å². The topological polar surface area (TPSA) is 21.3 Å². The van der Waals surface area contributed by atoms with Gasteiger partial charge in [-0.2, -0.15) is 13.2 Å². The number of nitrogens with one attached hydrogen (secondary N) is 1. The second-order valence-corrected chi connectivity index (χ2v) is 3.39. The van der Waals surface area contributed by atoms with Gasteiger partial charge < -0.3 is 10.1 Å². The van der Waals surface area contributed by atoms with Crippen LogP contribution in [0.4, 0.5) is 13.2 Å². The molecule has 0 radical (unpaired) electrons. The third-order valence-corrected chi connectivity index (χ3v) is 2.32. The molecule has 16 heavy (non-hydrogen) atoms. The fraction of sp³-hybridized carbons (Fsp3) is 0.455. The van der Waals surface area contributed by atoms with Gasteiger partial charge in [-0.15, -0.1) is 0 Å². The average molecular weight is 233 g/mol. The van der Waals surface area contributed by atoms with Crippen molar-refractivity contribution in [2.24, 2.45) is 0 Å². The van der Waals surface area contributed by atoms with Gasteiger partial charge in [0.25, 0.3) is 0 Å². The number of ether oxygens (including phenoxy) is 1. The van der Waals surface area contributed by atoms with Crippen LogP contribution in [0.1, 0.15) is 11.5 Å². The normalized spacial score (nSPS) is 13.6. The minimum atomic E-state index is -4.28. The molecule has 0 saturated heterocycles. The maximum Gasteiger partial charge on any atom is 0.397 e. The maximum atomic E-state index is 12.8. The van der Waals surface area contributed by atoms with Crippen LogP contribution < -0.4 is 10.1 Å². The standard InChI is InChI=1S/C11H14F3NO/c1-15-7-9(11(12,13)14)8-5-3-4-6-10(8)16-2/h3-6,9,15H,7H2,1-2H3. The summed E-state index contributed by atoms with van der Waals surface area (Å²) < 4.78 is 43.4. The first-order chi connectivity index (χ1) is 7.50. The van der Waals surface area contributed by atoms with Crippen molar-refractivity contribution in [3.63, 3.8) is 0 Å². The van der Waals surface area contributed by atoms with Gasteiger partial charge in [0.2, 0.25) is 0 Å². The van der Waals surface area contributed by atoms with Crippen LogP contribution in [-0.4, -0.2) is 26.9 Å². The summed E-state index contributed by atoms with van der Waals surface area (Å²) in [4.78, 5) is 0. The van der Waals surface area contributed by atoms with Crippen LogP contribution in [0.3, 0.4) is 0 Å². The molecule has 1 unspecified atom stereocenters. The Morgan fingerprint density at radius 2 is 1.94 bits per heavy atom. The smallest absolute Gasteiger partial charge is 0.397 e. The molecule has 1 aromatic carbocycles. The first-order valence-corrected chi connectivity index (χ1v) is 4.85. The van der Waals surface area contributed by atoms with Crippen LogP contribution in [0, 0.1) is 0 Å². The Morgan fingerprint density at radius 3 is 2.44 bits per heavy atom. The molecule has 0 aliphatic rings. The monoisotopic (exact) mass is 233 g/mol. The molecular weight excluding hydrogens is 219 g/mol. The molecule has 0 bridgehead atoms. The van der Waals surface area contributed by atoms with E-state index in [0.717, 1.165) is 0 Å². The van der Waals surface area contributed by atoms with Crippen LogP contribution in [0.25, 0.3) is 0 Å². The summed E-state index contributed by atoms with van der Waals surface area (Å²) in [5, 5.41) is 2.55. The molecule has 2 nitrogen and oxygen atoms in total. The van der Waals surface area contributed by atoms with Crippen LogP contribution in [-0.2, 0) is 0 Å². The van der Waals surface area contributed by atoms with Gasteiger partial charge in [-0.3, -0.25) is 0 Å². The summed E-state index contributed by atoms with van der Waals surface area (Å²) in [6.45, 7) is -0.163. The molecule has 1 atom stereocenters. The van der Waals surface area contributed by atoms with Crippen molar-refractivity contribution in [3.8, 4) is 5.75 Å². The maximum absolute atomic E-state index is 12.8. The van der Waals surface area contributed by atoms with Crippen molar-refractivity contribution in [2.45, 2.75) is 12.1 Å². The first-order valence-electron chi connectivity index (χ1n) is 4.85. The van der Waals surface area contributed by atoms with Crippen molar-refractivity contribution in [1.29, 1.82) is 0 Å². The van der Waals surface area contributed by atoms with Crippen LogP contribution in [0.2, 0.25) is 0 Å². The summed E-state index contributed by atoms with van der Waals surface area (Å²) in [5.41, 5.74) is 0.159.